The van der Waals surface area contributed by atoms with E-state index in [0.29, 0.717) is 35.6 Å². The quantitative estimate of drug-likeness (QED) is 0.642. The van der Waals surface area contributed by atoms with Crippen molar-refractivity contribution in [1.82, 2.24) is 25.0 Å². The molecule has 0 radical (unpaired) electrons. The van der Waals surface area contributed by atoms with Gasteiger partial charge in [0, 0.05) is 24.2 Å². The number of benzene rings is 1. The minimum Gasteiger partial charge on any atom is -0.337 e. The fraction of sp³-hybridized carbons (Fsp3) is 0.476. The van der Waals surface area contributed by atoms with Gasteiger partial charge in [-0.3, -0.25) is 9.89 Å². The molecule has 2 saturated carbocycles. The number of sulfonamides is 1. The normalized spacial score (nSPS) is 30.0. The molecule has 1 saturated heterocycles. The molecular weight excluding hydrogens is 438 g/mol. The molecule has 2 aliphatic carbocycles. The van der Waals surface area contributed by atoms with Gasteiger partial charge in [-0.05, 0) is 66.7 Å². The molecule has 2 aromatic rings. The van der Waals surface area contributed by atoms with E-state index in [1.165, 1.54) is 12.3 Å². The first-order valence-electron chi connectivity index (χ1n) is 10.3. The van der Waals surface area contributed by atoms with Crippen LogP contribution in [0.5, 0.6) is 0 Å². The number of nitrogens with one attached hydrogen (secondary N) is 2. The summed E-state index contributed by atoms with van der Waals surface area (Å²) in [6, 6.07) is 4.40. The van der Waals surface area contributed by atoms with Gasteiger partial charge in [-0.2, -0.15) is 0 Å². The van der Waals surface area contributed by atoms with Gasteiger partial charge in [0.05, 0.1) is 11.1 Å². The van der Waals surface area contributed by atoms with Crippen molar-refractivity contribution in [3.8, 4) is 0 Å². The molecule has 0 spiro atoms. The average molecular weight is 462 g/mol. The average Bonchev–Trinajstić information content (AvgIpc) is 3.35. The Labute approximate surface area is 186 Å². The second-order valence-corrected chi connectivity index (χ2v) is 11.1. The number of fused-ring (bicyclic) bond motifs is 4. The highest BCUT2D eigenvalue weighted by molar-refractivity contribution is 7.89. The van der Waals surface area contributed by atoms with Crippen molar-refractivity contribution in [2.75, 3.05) is 13.1 Å². The summed E-state index contributed by atoms with van der Waals surface area (Å²) < 4.78 is 29.2. The van der Waals surface area contributed by atoms with Gasteiger partial charge in [0.1, 0.15) is 5.69 Å². The van der Waals surface area contributed by atoms with E-state index >= 15 is 0 Å². The number of carbonyl (C=O) groups is 1. The second-order valence-electron chi connectivity index (χ2n) is 8.91. The lowest BCUT2D eigenvalue weighted by atomic mass is 9.36. The van der Waals surface area contributed by atoms with Crippen molar-refractivity contribution in [2.24, 2.45) is 23.2 Å². The van der Waals surface area contributed by atoms with Crippen LogP contribution in [0.1, 0.15) is 28.9 Å². The van der Waals surface area contributed by atoms with E-state index in [1.54, 1.807) is 18.2 Å². The van der Waals surface area contributed by atoms with E-state index in [4.69, 9.17) is 11.6 Å². The summed E-state index contributed by atoms with van der Waals surface area (Å²) in [4.78, 5) is 14.7. The fourth-order valence-corrected chi connectivity index (χ4v) is 7.89. The largest absolute Gasteiger partial charge is 0.337 e. The molecule has 1 amide bonds. The molecule has 1 aromatic carbocycles. The van der Waals surface area contributed by atoms with Crippen molar-refractivity contribution in [2.45, 2.75) is 30.7 Å². The molecular formula is C21H24ClN5O3S. The van der Waals surface area contributed by atoms with Crippen molar-refractivity contribution in [3.05, 3.63) is 53.3 Å². The van der Waals surface area contributed by atoms with Crippen molar-refractivity contribution < 1.29 is 13.2 Å². The summed E-state index contributed by atoms with van der Waals surface area (Å²) in [5, 5.41) is 10.3. The number of carbonyl (C=O) groups excluding carboxylic acids is 1. The minimum absolute atomic E-state index is 0.112. The molecule has 10 heteroatoms. The molecule has 0 bridgehead atoms. The molecule has 164 valence electrons. The number of rotatable bonds is 6. The lowest BCUT2D eigenvalue weighted by Gasteiger charge is -2.69. The van der Waals surface area contributed by atoms with Gasteiger partial charge >= 0.3 is 0 Å². The predicted molar refractivity (Wildman–Crippen MR) is 115 cm³/mol. The molecule has 1 aromatic heterocycles. The van der Waals surface area contributed by atoms with Gasteiger partial charge in [-0.15, -0.1) is 11.7 Å². The number of aryl methyl sites for hydroxylation is 1. The van der Waals surface area contributed by atoms with Crippen molar-refractivity contribution in [3.63, 3.8) is 0 Å². The maximum atomic E-state index is 13.1. The van der Waals surface area contributed by atoms with Gasteiger partial charge in [0.25, 0.3) is 5.91 Å². The summed E-state index contributed by atoms with van der Waals surface area (Å²) in [6.07, 6.45) is 5.10. The summed E-state index contributed by atoms with van der Waals surface area (Å²) in [7, 11) is -3.77. The van der Waals surface area contributed by atoms with Crippen molar-refractivity contribution in [1.29, 1.82) is 0 Å². The number of hydrogen-bond donors (Lipinski definition) is 2. The topological polar surface area (TPSA) is 108 Å². The van der Waals surface area contributed by atoms with Crippen molar-refractivity contribution >= 4 is 27.5 Å². The standard InChI is InChI=1S/C21H24ClN5O3S/c1-3-19(25-31(29,30)14-7-12(2)6-13(22)8-14)21-5-4-16(21)15-10-27(11-17(15)21)20(28)18-9-23-26-24-18/h3,6-9,15-17,19,25H,1,4-5,10-11H2,2H3,(H,23,24,26)/t15-,16-,17-,19?,21?/m1/s1. The minimum atomic E-state index is -3.77. The van der Waals surface area contributed by atoms with Crippen LogP contribution < -0.4 is 4.72 Å². The van der Waals surface area contributed by atoms with Crippen LogP contribution in [-0.2, 0) is 10.0 Å². The first-order chi connectivity index (χ1) is 14.8. The predicted octanol–water partition coefficient (Wildman–Crippen LogP) is 2.40. The van der Waals surface area contributed by atoms with E-state index in [9.17, 15) is 13.2 Å². The van der Waals surface area contributed by atoms with E-state index in [0.717, 1.165) is 18.4 Å². The number of aromatic nitrogens is 3. The third-order valence-corrected chi connectivity index (χ3v) is 9.15. The maximum absolute atomic E-state index is 13.1. The van der Waals surface area contributed by atoms with Crippen LogP contribution in [0.4, 0.5) is 0 Å². The maximum Gasteiger partial charge on any atom is 0.273 e. The highest BCUT2D eigenvalue weighted by Crippen LogP contribution is 2.71. The molecule has 2 heterocycles. The molecule has 2 N–H and O–H groups in total. The molecule has 31 heavy (non-hydrogen) atoms. The van der Waals surface area contributed by atoms with E-state index < -0.39 is 16.1 Å². The molecule has 3 fully saturated rings. The van der Waals surface area contributed by atoms with Gasteiger partial charge < -0.3 is 4.90 Å². The molecule has 3 aliphatic rings. The molecule has 1 aliphatic heterocycles. The SMILES string of the molecule is C=CC(NS(=O)(=O)c1cc(C)cc(Cl)c1)C12CC[C@@H]1[C@H]1CN(C(=O)c3cnn[nH]3)C[C@H]12. The number of amides is 1. The highest BCUT2D eigenvalue weighted by atomic mass is 35.5. The Bertz CT molecular complexity index is 1130. The molecule has 5 atom stereocenters. The third kappa shape index (κ3) is 3.05. The van der Waals surface area contributed by atoms with Gasteiger partial charge in [0.2, 0.25) is 10.0 Å². The van der Waals surface area contributed by atoms with Crippen LogP contribution in [0.3, 0.4) is 0 Å². The molecule has 2 unspecified atom stereocenters. The Hall–Kier alpha value is -2.23. The summed E-state index contributed by atoms with van der Waals surface area (Å²) in [6.45, 7) is 7.03. The number of aromatic amines is 1. The smallest absolute Gasteiger partial charge is 0.273 e. The van der Waals surface area contributed by atoms with Crippen LogP contribution >= 0.6 is 11.6 Å². The summed E-state index contributed by atoms with van der Waals surface area (Å²) >= 11 is 6.09. The second kappa shape index (κ2) is 7.15. The summed E-state index contributed by atoms with van der Waals surface area (Å²) in [5.41, 5.74) is 0.957. The number of nitrogens with zero attached hydrogens (tertiary/aromatic N) is 3. The van der Waals surface area contributed by atoms with Crippen LogP contribution in [-0.4, -0.2) is 53.8 Å². The Morgan fingerprint density at radius 2 is 2.19 bits per heavy atom. The van der Waals surface area contributed by atoms with E-state index in [-0.39, 0.29) is 22.1 Å². The van der Waals surface area contributed by atoms with E-state index in [2.05, 4.69) is 26.7 Å². The fourth-order valence-electron chi connectivity index (χ4n) is 6.13. The summed E-state index contributed by atoms with van der Waals surface area (Å²) in [5.74, 6) is 0.882. The number of hydrogen-bond acceptors (Lipinski definition) is 5. The lowest BCUT2D eigenvalue weighted by Crippen LogP contribution is -2.70. The Balaban J connectivity index is 1.38. The van der Waals surface area contributed by atoms with Crippen LogP contribution in [0.2, 0.25) is 5.02 Å². The van der Waals surface area contributed by atoms with Crippen LogP contribution in [0.15, 0.2) is 41.9 Å². The zero-order chi connectivity index (χ0) is 22.0. The number of H-pyrrole nitrogens is 1. The highest BCUT2D eigenvalue weighted by Gasteiger charge is 2.71. The lowest BCUT2D eigenvalue weighted by molar-refractivity contribution is -0.186. The number of halogens is 1. The Kier molecular flexibility index (Phi) is 4.76. The Morgan fingerprint density at radius 1 is 1.39 bits per heavy atom. The zero-order valence-electron chi connectivity index (χ0n) is 17.1. The van der Waals surface area contributed by atoms with Gasteiger partial charge in [-0.1, -0.05) is 22.9 Å². The molecule has 8 nitrogen and oxygen atoms in total. The first kappa shape index (κ1) is 20.7. The van der Waals surface area contributed by atoms with Gasteiger partial charge in [0.15, 0.2) is 0 Å². The monoisotopic (exact) mass is 461 g/mol. The van der Waals surface area contributed by atoms with Crippen LogP contribution in [0.25, 0.3) is 0 Å². The van der Waals surface area contributed by atoms with Crippen LogP contribution in [0, 0.1) is 30.1 Å². The Morgan fingerprint density at radius 3 is 2.81 bits per heavy atom. The third-order valence-electron chi connectivity index (χ3n) is 7.51. The number of likely N-dealkylation sites (tertiary alicyclic amines) is 1. The van der Waals surface area contributed by atoms with Gasteiger partial charge in [-0.25, -0.2) is 13.1 Å². The first-order valence-corrected chi connectivity index (χ1v) is 12.2. The zero-order valence-corrected chi connectivity index (χ0v) is 18.7. The van der Waals surface area contributed by atoms with E-state index in [1.807, 2.05) is 11.8 Å². The molecule has 5 rings (SSSR count).